The minimum Gasteiger partial charge on any atom is -0.364 e. The van der Waals surface area contributed by atoms with E-state index in [1.165, 1.54) is 5.56 Å². The molecule has 4 nitrogen and oxygen atoms in total. The molecule has 2 fully saturated rings. The molecule has 0 bridgehead atoms. The highest BCUT2D eigenvalue weighted by Gasteiger charge is 2.19. The van der Waals surface area contributed by atoms with E-state index in [0.717, 1.165) is 45.0 Å². The summed E-state index contributed by atoms with van der Waals surface area (Å²) < 4.78 is 18.2. The first-order valence-electron chi connectivity index (χ1n) is 7.34. The fraction of sp³-hybridized carbons (Fsp3) is 0.600. The molecule has 20 heavy (non-hydrogen) atoms. The van der Waals surface area contributed by atoms with Crippen LogP contribution in [0.4, 0.5) is 10.1 Å². The third-order valence-corrected chi connectivity index (χ3v) is 3.94. The van der Waals surface area contributed by atoms with Crippen molar-refractivity contribution >= 4 is 5.69 Å². The van der Waals surface area contributed by atoms with E-state index in [9.17, 15) is 4.39 Å². The molecule has 2 saturated heterocycles. The number of hydrogen-bond donors (Lipinski definition) is 1. The Balaban J connectivity index is 1.59. The number of hydrogen-bond acceptors (Lipinski definition) is 4. The minimum atomic E-state index is -1.16. The lowest BCUT2D eigenvalue weighted by atomic mass is 10.1. The molecule has 0 amide bonds. The van der Waals surface area contributed by atoms with Gasteiger partial charge in [0.2, 0.25) is 6.36 Å². The van der Waals surface area contributed by atoms with Crippen molar-refractivity contribution in [1.82, 2.24) is 10.2 Å². The van der Waals surface area contributed by atoms with Crippen LogP contribution in [0.15, 0.2) is 24.3 Å². The summed E-state index contributed by atoms with van der Waals surface area (Å²) in [6, 6.07) is 8.49. The Morgan fingerprint density at radius 3 is 2.60 bits per heavy atom. The highest BCUT2D eigenvalue weighted by atomic mass is 19.1. The summed E-state index contributed by atoms with van der Waals surface area (Å²) in [7, 11) is 0. The zero-order chi connectivity index (χ0) is 13.8. The number of morpholine rings is 1. The van der Waals surface area contributed by atoms with Gasteiger partial charge in [-0.05, 0) is 17.7 Å². The van der Waals surface area contributed by atoms with Crippen molar-refractivity contribution in [2.45, 2.75) is 12.9 Å². The number of nitrogens with one attached hydrogen (secondary N) is 1. The van der Waals surface area contributed by atoms with Crippen molar-refractivity contribution in [2.75, 3.05) is 50.8 Å². The lowest BCUT2D eigenvalue weighted by Crippen LogP contribution is -2.42. The summed E-state index contributed by atoms with van der Waals surface area (Å²) in [5.74, 6) is 0. The molecule has 0 aromatic heterocycles. The van der Waals surface area contributed by atoms with E-state index < -0.39 is 6.36 Å². The number of ether oxygens (including phenoxy) is 1. The van der Waals surface area contributed by atoms with Gasteiger partial charge in [0.1, 0.15) is 0 Å². The smallest absolute Gasteiger partial charge is 0.216 e. The lowest BCUT2D eigenvalue weighted by molar-refractivity contribution is -0.0465. The molecule has 3 rings (SSSR count). The van der Waals surface area contributed by atoms with Crippen LogP contribution >= 0.6 is 0 Å². The van der Waals surface area contributed by atoms with Gasteiger partial charge in [-0.1, -0.05) is 12.1 Å². The molecule has 2 aliphatic rings. The minimum absolute atomic E-state index is 0.330. The van der Waals surface area contributed by atoms with Gasteiger partial charge in [-0.25, -0.2) is 4.39 Å². The van der Waals surface area contributed by atoms with Gasteiger partial charge in [-0.3, -0.25) is 4.90 Å². The van der Waals surface area contributed by atoms with E-state index in [2.05, 4.69) is 34.5 Å². The van der Waals surface area contributed by atoms with Crippen LogP contribution in [0.5, 0.6) is 0 Å². The van der Waals surface area contributed by atoms with Gasteiger partial charge in [0.15, 0.2) is 0 Å². The zero-order valence-corrected chi connectivity index (χ0v) is 11.7. The quantitative estimate of drug-likeness (QED) is 0.900. The number of rotatable bonds is 3. The molecule has 1 unspecified atom stereocenters. The average molecular weight is 279 g/mol. The van der Waals surface area contributed by atoms with Crippen molar-refractivity contribution in [3.63, 3.8) is 0 Å². The molecule has 1 aromatic carbocycles. The van der Waals surface area contributed by atoms with Crippen LogP contribution in [-0.4, -0.2) is 57.1 Å². The van der Waals surface area contributed by atoms with Crippen LogP contribution in [0, 0.1) is 0 Å². The lowest BCUT2D eigenvalue weighted by Gasteiger charge is -2.31. The Morgan fingerprint density at radius 1 is 1.15 bits per heavy atom. The first-order valence-corrected chi connectivity index (χ1v) is 7.34. The number of alkyl halides is 1. The Bertz CT molecular complexity index is 420. The third kappa shape index (κ3) is 3.48. The summed E-state index contributed by atoms with van der Waals surface area (Å²) in [6.07, 6.45) is -1.16. The summed E-state index contributed by atoms with van der Waals surface area (Å²) in [5, 5.41) is 3.36. The van der Waals surface area contributed by atoms with Crippen molar-refractivity contribution in [3.8, 4) is 0 Å². The van der Waals surface area contributed by atoms with E-state index in [0.29, 0.717) is 13.2 Å². The SMILES string of the molecule is FC1CN(c2ccc(CN3CCNCC3)cc2)CCO1. The molecule has 0 aliphatic carbocycles. The average Bonchev–Trinajstić information content (AvgIpc) is 2.49. The molecular formula is C15H22FN3O. The summed E-state index contributed by atoms with van der Waals surface area (Å²) in [6.45, 7) is 6.91. The topological polar surface area (TPSA) is 27.7 Å². The predicted molar refractivity (Wildman–Crippen MR) is 77.6 cm³/mol. The monoisotopic (exact) mass is 279 g/mol. The summed E-state index contributed by atoms with van der Waals surface area (Å²) in [5.41, 5.74) is 2.40. The zero-order valence-electron chi connectivity index (χ0n) is 11.7. The Morgan fingerprint density at radius 2 is 1.90 bits per heavy atom. The van der Waals surface area contributed by atoms with E-state index in [1.54, 1.807) is 0 Å². The van der Waals surface area contributed by atoms with Gasteiger partial charge < -0.3 is 15.0 Å². The van der Waals surface area contributed by atoms with Crippen LogP contribution in [0.3, 0.4) is 0 Å². The molecule has 5 heteroatoms. The number of piperazine rings is 1. The fourth-order valence-corrected chi connectivity index (χ4v) is 2.78. The third-order valence-electron chi connectivity index (χ3n) is 3.94. The van der Waals surface area contributed by atoms with Crippen molar-refractivity contribution in [2.24, 2.45) is 0 Å². The number of anilines is 1. The van der Waals surface area contributed by atoms with E-state index in [4.69, 9.17) is 4.74 Å². The molecule has 0 spiro atoms. The second-order valence-electron chi connectivity index (χ2n) is 5.42. The van der Waals surface area contributed by atoms with Gasteiger partial charge in [0, 0.05) is 45.0 Å². The van der Waals surface area contributed by atoms with Crippen LogP contribution in [-0.2, 0) is 11.3 Å². The molecule has 110 valence electrons. The first-order chi connectivity index (χ1) is 9.81. The largest absolute Gasteiger partial charge is 0.364 e. The van der Waals surface area contributed by atoms with Gasteiger partial charge in [0.05, 0.1) is 13.2 Å². The highest BCUT2D eigenvalue weighted by Crippen LogP contribution is 2.19. The Labute approximate surface area is 119 Å². The maximum atomic E-state index is 13.2. The number of benzene rings is 1. The van der Waals surface area contributed by atoms with Crippen molar-refractivity contribution < 1.29 is 9.13 Å². The van der Waals surface area contributed by atoms with Crippen LogP contribution in [0.25, 0.3) is 0 Å². The molecule has 2 aliphatic heterocycles. The first kappa shape index (κ1) is 13.8. The highest BCUT2D eigenvalue weighted by molar-refractivity contribution is 5.48. The number of halogens is 1. The molecule has 1 N–H and O–H groups in total. The van der Waals surface area contributed by atoms with Crippen molar-refractivity contribution in [1.29, 1.82) is 0 Å². The number of nitrogens with zero attached hydrogens (tertiary/aromatic N) is 2. The summed E-state index contributed by atoms with van der Waals surface area (Å²) >= 11 is 0. The maximum absolute atomic E-state index is 13.2. The normalized spacial score (nSPS) is 24.9. The van der Waals surface area contributed by atoms with Gasteiger partial charge >= 0.3 is 0 Å². The Hall–Kier alpha value is -1.17. The van der Waals surface area contributed by atoms with E-state index in [1.807, 2.05) is 4.90 Å². The van der Waals surface area contributed by atoms with Crippen LogP contribution in [0.1, 0.15) is 5.56 Å². The van der Waals surface area contributed by atoms with Crippen molar-refractivity contribution in [3.05, 3.63) is 29.8 Å². The van der Waals surface area contributed by atoms with Crippen LogP contribution < -0.4 is 10.2 Å². The van der Waals surface area contributed by atoms with E-state index >= 15 is 0 Å². The second kappa shape index (κ2) is 6.52. The van der Waals surface area contributed by atoms with Gasteiger partial charge in [0.25, 0.3) is 0 Å². The summed E-state index contributed by atoms with van der Waals surface area (Å²) in [4.78, 5) is 4.50. The fourth-order valence-electron chi connectivity index (χ4n) is 2.78. The van der Waals surface area contributed by atoms with E-state index in [-0.39, 0.29) is 0 Å². The molecule has 2 heterocycles. The second-order valence-corrected chi connectivity index (χ2v) is 5.42. The molecule has 1 atom stereocenters. The predicted octanol–water partition coefficient (Wildman–Crippen LogP) is 1.22. The van der Waals surface area contributed by atoms with Crippen LogP contribution in [0.2, 0.25) is 0 Å². The Kier molecular flexibility index (Phi) is 4.50. The maximum Gasteiger partial charge on any atom is 0.216 e. The van der Waals surface area contributed by atoms with Gasteiger partial charge in [-0.15, -0.1) is 0 Å². The standard InChI is InChI=1S/C15H22FN3O/c16-15-12-19(9-10-20-15)14-3-1-13(2-4-14)11-18-7-5-17-6-8-18/h1-4,15,17H,5-12H2. The van der Waals surface area contributed by atoms with Gasteiger partial charge in [-0.2, -0.15) is 0 Å². The molecule has 1 aromatic rings. The molecular weight excluding hydrogens is 257 g/mol. The molecule has 0 radical (unpaired) electrons. The molecule has 0 saturated carbocycles.